The van der Waals surface area contributed by atoms with Crippen molar-refractivity contribution in [1.82, 2.24) is 4.90 Å². The zero-order valence-electron chi connectivity index (χ0n) is 16.3. The lowest BCUT2D eigenvalue weighted by Crippen LogP contribution is -2.63. The van der Waals surface area contributed by atoms with Crippen molar-refractivity contribution in [1.29, 1.82) is 0 Å². The standard InChI is InChI=1S/C22H31NO3/c1-15-5-4-6-19(16(15)2)26-18-7-9-22(10-8-18)13-23(14-22)20(24)17-11-21(3,25)12-17/h4-6,17-18,25H,7-14H2,1-3H3/t17-,21+. The first kappa shape index (κ1) is 17.8. The van der Waals surface area contributed by atoms with Gasteiger partial charge in [-0.25, -0.2) is 0 Å². The minimum atomic E-state index is -0.619. The van der Waals surface area contributed by atoms with Gasteiger partial charge in [0, 0.05) is 24.4 Å². The molecule has 2 saturated carbocycles. The Morgan fingerprint density at radius 3 is 2.46 bits per heavy atom. The number of rotatable bonds is 3. The molecule has 1 aromatic carbocycles. The molecule has 0 bridgehead atoms. The lowest BCUT2D eigenvalue weighted by atomic mass is 9.66. The Morgan fingerprint density at radius 2 is 1.85 bits per heavy atom. The number of ether oxygens (including phenoxy) is 1. The summed E-state index contributed by atoms with van der Waals surface area (Å²) in [5.74, 6) is 1.33. The maximum absolute atomic E-state index is 12.5. The Kier molecular flexibility index (Phi) is 4.30. The maximum Gasteiger partial charge on any atom is 0.225 e. The molecule has 1 amide bonds. The zero-order chi connectivity index (χ0) is 18.5. The van der Waals surface area contributed by atoms with Gasteiger partial charge in [-0.1, -0.05) is 12.1 Å². The molecule has 4 nitrogen and oxygen atoms in total. The van der Waals surface area contributed by atoms with Crippen LogP contribution in [0.5, 0.6) is 5.75 Å². The largest absolute Gasteiger partial charge is 0.490 e. The van der Waals surface area contributed by atoms with Gasteiger partial charge in [0.15, 0.2) is 0 Å². The first-order chi connectivity index (χ1) is 12.3. The number of aliphatic hydroxyl groups is 1. The molecule has 0 radical (unpaired) electrons. The van der Waals surface area contributed by atoms with E-state index in [0.29, 0.717) is 24.4 Å². The number of aryl methyl sites for hydroxylation is 1. The summed E-state index contributed by atoms with van der Waals surface area (Å²) in [6.45, 7) is 7.88. The van der Waals surface area contributed by atoms with Gasteiger partial charge in [-0.05, 0) is 76.5 Å². The SMILES string of the molecule is Cc1cccc(OC2CCC3(CC2)CN(C(=O)[C@H]2C[C@@](C)(O)C2)C3)c1C. The van der Waals surface area contributed by atoms with E-state index in [2.05, 4.69) is 32.0 Å². The molecule has 2 aliphatic carbocycles. The smallest absolute Gasteiger partial charge is 0.225 e. The van der Waals surface area contributed by atoms with Crippen LogP contribution < -0.4 is 4.74 Å². The van der Waals surface area contributed by atoms with Crippen LogP contribution in [0.25, 0.3) is 0 Å². The highest BCUT2D eigenvalue weighted by molar-refractivity contribution is 5.81. The van der Waals surface area contributed by atoms with Crippen LogP contribution in [0.4, 0.5) is 0 Å². The molecule has 4 heteroatoms. The number of hydrogen-bond donors (Lipinski definition) is 1. The van der Waals surface area contributed by atoms with Gasteiger partial charge in [0.05, 0.1) is 11.7 Å². The topological polar surface area (TPSA) is 49.8 Å². The number of carbonyl (C=O) groups is 1. The van der Waals surface area contributed by atoms with Crippen molar-refractivity contribution in [3.63, 3.8) is 0 Å². The quantitative estimate of drug-likeness (QED) is 0.899. The van der Waals surface area contributed by atoms with Gasteiger partial charge < -0.3 is 14.7 Å². The fourth-order valence-electron chi connectivity index (χ4n) is 5.02. The van der Waals surface area contributed by atoms with Crippen LogP contribution in [-0.2, 0) is 4.79 Å². The van der Waals surface area contributed by atoms with Gasteiger partial charge in [0.1, 0.15) is 5.75 Å². The van der Waals surface area contributed by atoms with E-state index in [1.165, 1.54) is 11.1 Å². The molecule has 3 aliphatic rings. The summed E-state index contributed by atoms with van der Waals surface area (Å²) in [5, 5.41) is 9.85. The van der Waals surface area contributed by atoms with Gasteiger partial charge in [-0.15, -0.1) is 0 Å². The lowest BCUT2D eigenvalue weighted by molar-refractivity contribution is -0.164. The summed E-state index contributed by atoms with van der Waals surface area (Å²) in [4.78, 5) is 14.5. The minimum Gasteiger partial charge on any atom is -0.490 e. The fourth-order valence-corrected chi connectivity index (χ4v) is 5.02. The fraction of sp³-hybridized carbons (Fsp3) is 0.682. The van der Waals surface area contributed by atoms with Crippen LogP contribution in [-0.4, -0.2) is 40.7 Å². The number of carbonyl (C=O) groups excluding carboxylic acids is 1. The van der Waals surface area contributed by atoms with Gasteiger partial charge in [-0.2, -0.15) is 0 Å². The number of likely N-dealkylation sites (tertiary alicyclic amines) is 1. The van der Waals surface area contributed by atoms with E-state index < -0.39 is 5.60 Å². The predicted octanol–water partition coefficient (Wildman–Crippen LogP) is 3.61. The van der Waals surface area contributed by atoms with Crippen LogP contribution in [0.15, 0.2) is 18.2 Å². The number of nitrogens with zero attached hydrogens (tertiary/aromatic N) is 1. The van der Waals surface area contributed by atoms with Gasteiger partial charge >= 0.3 is 0 Å². The molecule has 0 atom stereocenters. The van der Waals surface area contributed by atoms with E-state index in [-0.39, 0.29) is 11.8 Å². The van der Waals surface area contributed by atoms with E-state index in [0.717, 1.165) is 44.5 Å². The molecule has 1 spiro atoms. The van der Waals surface area contributed by atoms with Crippen molar-refractivity contribution in [2.75, 3.05) is 13.1 Å². The third-order valence-electron chi connectivity index (χ3n) is 6.93. The zero-order valence-corrected chi connectivity index (χ0v) is 16.3. The second-order valence-electron chi connectivity index (χ2n) is 9.31. The Balaban J connectivity index is 1.26. The molecule has 1 aromatic rings. The molecule has 1 N–H and O–H groups in total. The van der Waals surface area contributed by atoms with E-state index in [1.54, 1.807) is 0 Å². The summed E-state index contributed by atoms with van der Waals surface area (Å²) in [5.41, 5.74) is 2.22. The van der Waals surface area contributed by atoms with Crippen LogP contribution >= 0.6 is 0 Å². The average Bonchev–Trinajstić information content (AvgIpc) is 2.55. The van der Waals surface area contributed by atoms with Crippen molar-refractivity contribution in [2.45, 2.75) is 71.0 Å². The molecule has 3 fully saturated rings. The average molecular weight is 357 g/mol. The van der Waals surface area contributed by atoms with Crippen LogP contribution in [0.3, 0.4) is 0 Å². The first-order valence-corrected chi connectivity index (χ1v) is 10.0. The van der Waals surface area contributed by atoms with Gasteiger partial charge in [-0.3, -0.25) is 4.79 Å². The summed E-state index contributed by atoms with van der Waals surface area (Å²) in [7, 11) is 0. The molecule has 1 saturated heterocycles. The van der Waals surface area contributed by atoms with Crippen LogP contribution in [0, 0.1) is 25.2 Å². The van der Waals surface area contributed by atoms with Crippen molar-refractivity contribution in [2.24, 2.45) is 11.3 Å². The number of hydrogen-bond acceptors (Lipinski definition) is 3. The highest BCUT2D eigenvalue weighted by atomic mass is 16.5. The van der Waals surface area contributed by atoms with Gasteiger partial charge in [0.25, 0.3) is 0 Å². The molecule has 1 aliphatic heterocycles. The summed E-state index contributed by atoms with van der Waals surface area (Å²) in [6, 6.07) is 6.26. The van der Waals surface area contributed by atoms with Crippen molar-refractivity contribution in [3.05, 3.63) is 29.3 Å². The van der Waals surface area contributed by atoms with E-state index in [1.807, 2.05) is 11.8 Å². The molecule has 142 valence electrons. The van der Waals surface area contributed by atoms with E-state index in [4.69, 9.17) is 4.74 Å². The minimum absolute atomic E-state index is 0.0475. The van der Waals surface area contributed by atoms with Crippen molar-refractivity contribution < 1.29 is 14.6 Å². The molecule has 26 heavy (non-hydrogen) atoms. The Bertz CT molecular complexity index is 687. The highest BCUT2D eigenvalue weighted by Crippen LogP contribution is 2.47. The van der Waals surface area contributed by atoms with E-state index in [9.17, 15) is 9.90 Å². The molecular formula is C22H31NO3. The van der Waals surface area contributed by atoms with Crippen molar-refractivity contribution in [3.8, 4) is 5.75 Å². The Labute approximate surface area is 156 Å². The molecule has 1 heterocycles. The Morgan fingerprint density at radius 1 is 1.19 bits per heavy atom. The summed E-state index contributed by atoms with van der Waals surface area (Å²) in [6.07, 6.45) is 6.00. The highest BCUT2D eigenvalue weighted by Gasteiger charge is 2.51. The lowest BCUT2D eigenvalue weighted by Gasteiger charge is -2.55. The molecule has 0 aromatic heterocycles. The third kappa shape index (κ3) is 3.24. The van der Waals surface area contributed by atoms with Crippen LogP contribution in [0.2, 0.25) is 0 Å². The molecule has 4 rings (SSSR count). The molecular weight excluding hydrogens is 326 g/mol. The molecule has 0 unspecified atom stereocenters. The van der Waals surface area contributed by atoms with E-state index >= 15 is 0 Å². The maximum atomic E-state index is 12.5. The Hall–Kier alpha value is -1.55. The normalized spacial score (nSPS) is 30.6. The summed E-state index contributed by atoms with van der Waals surface area (Å²) < 4.78 is 6.28. The number of benzene rings is 1. The number of amides is 1. The second-order valence-corrected chi connectivity index (χ2v) is 9.31. The monoisotopic (exact) mass is 357 g/mol. The second kappa shape index (κ2) is 6.26. The van der Waals surface area contributed by atoms with Crippen molar-refractivity contribution >= 4 is 5.91 Å². The predicted molar refractivity (Wildman–Crippen MR) is 101 cm³/mol. The van der Waals surface area contributed by atoms with Gasteiger partial charge in [0.2, 0.25) is 5.91 Å². The first-order valence-electron chi connectivity index (χ1n) is 10.0. The third-order valence-corrected chi connectivity index (χ3v) is 6.93. The van der Waals surface area contributed by atoms with Crippen LogP contribution in [0.1, 0.15) is 56.6 Å². The summed E-state index contributed by atoms with van der Waals surface area (Å²) >= 11 is 0.